The molecule has 1 aliphatic rings. The monoisotopic (exact) mass is 305 g/mol. The molecule has 22 heavy (non-hydrogen) atoms. The summed E-state index contributed by atoms with van der Waals surface area (Å²) in [4.78, 5) is 27.5. The number of methoxy groups -OCH3 is 1. The minimum absolute atomic E-state index is 0.0319. The number of amides is 2. The lowest BCUT2D eigenvalue weighted by atomic mass is 10.0. The third-order valence-corrected chi connectivity index (χ3v) is 3.88. The van der Waals surface area contributed by atoms with Crippen LogP contribution in [-0.2, 0) is 14.3 Å². The summed E-state index contributed by atoms with van der Waals surface area (Å²) in [6.45, 7) is 2.29. The molecule has 2 N–H and O–H groups in total. The van der Waals surface area contributed by atoms with Gasteiger partial charge in [-0.2, -0.15) is 0 Å². The van der Waals surface area contributed by atoms with E-state index >= 15 is 0 Å². The SMILES string of the molecule is COCC(=O)N1CCN(C(=O)CC(N)c2ccccc2)CC1. The Labute approximate surface area is 130 Å². The smallest absolute Gasteiger partial charge is 0.248 e. The zero-order chi connectivity index (χ0) is 15.9. The lowest BCUT2D eigenvalue weighted by Gasteiger charge is -2.35. The molecule has 1 fully saturated rings. The van der Waals surface area contributed by atoms with Crippen molar-refractivity contribution >= 4 is 11.8 Å². The van der Waals surface area contributed by atoms with Crippen molar-refractivity contribution in [1.82, 2.24) is 9.80 Å². The van der Waals surface area contributed by atoms with Gasteiger partial charge in [0.2, 0.25) is 11.8 Å². The molecular formula is C16H23N3O3. The molecule has 1 heterocycles. The van der Waals surface area contributed by atoms with Crippen LogP contribution in [0, 0.1) is 0 Å². The molecule has 1 aromatic rings. The van der Waals surface area contributed by atoms with Gasteiger partial charge in [-0.15, -0.1) is 0 Å². The second-order valence-corrected chi connectivity index (χ2v) is 5.42. The van der Waals surface area contributed by atoms with E-state index in [-0.39, 0.29) is 30.9 Å². The lowest BCUT2D eigenvalue weighted by Crippen LogP contribution is -2.51. The number of carbonyl (C=O) groups is 2. The maximum Gasteiger partial charge on any atom is 0.248 e. The second-order valence-electron chi connectivity index (χ2n) is 5.42. The Bertz CT molecular complexity index is 499. The Hall–Kier alpha value is -1.92. The predicted molar refractivity (Wildman–Crippen MR) is 83.0 cm³/mol. The standard InChI is InChI=1S/C16H23N3O3/c1-22-12-16(21)19-9-7-18(8-10-19)15(20)11-14(17)13-5-3-2-4-6-13/h2-6,14H,7-12,17H2,1H3. The quantitative estimate of drug-likeness (QED) is 0.854. The van der Waals surface area contributed by atoms with Crippen molar-refractivity contribution in [1.29, 1.82) is 0 Å². The summed E-state index contributed by atoms with van der Waals surface area (Å²) in [6.07, 6.45) is 0.288. The van der Waals surface area contributed by atoms with E-state index in [1.54, 1.807) is 9.80 Å². The molecule has 1 atom stereocenters. The Morgan fingerprint density at radius 1 is 1.09 bits per heavy atom. The van der Waals surface area contributed by atoms with E-state index in [4.69, 9.17) is 10.5 Å². The maximum atomic E-state index is 12.3. The molecule has 0 aliphatic carbocycles. The Morgan fingerprint density at radius 3 is 2.18 bits per heavy atom. The fourth-order valence-corrected chi connectivity index (χ4v) is 2.56. The molecule has 1 aromatic carbocycles. The molecule has 1 aliphatic heterocycles. The highest BCUT2D eigenvalue weighted by Gasteiger charge is 2.25. The topological polar surface area (TPSA) is 75.9 Å². The number of carbonyl (C=O) groups excluding carboxylic acids is 2. The molecule has 2 rings (SSSR count). The zero-order valence-corrected chi connectivity index (χ0v) is 12.9. The van der Waals surface area contributed by atoms with Crippen LogP contribution in [-0.4, -0.2) is 61.5 Å². The summed E-state index contributed by atoms with van der Waals surface area (Å²) in [5.74, 6) is 0.00535. The number of rotatable bonds is 5. The molecule has 0 radical (unpaired) electrons. The van der Waals surface area contributed by atoms with E-state index in [0.29, 0.717) is 26.2 Å². The van der Waals surface area contributed by atoms with E-state index in [1.165, 1.54) is 7.11 Å². The average Bonchev–Trinajstić information content (AvgIpc) is 2.56. The van der Waals surface area contributed by atoms with Crippen LogP contribution < -0.4 is 5.73 Å². The summed E-state index contributed by atoms with van der Waals surface area (Å²) in [6, 6.07) is 9.33. The molecule has 1 unspecified atom stereocenters. The number of nitrogens with zero attached hydrogens (tertiary/aromatic N) is 2. The largest absolute Gasteiger partial charge is 0.375 e. The molecule has 0 saturated carbocycles. The van der Waals surface area contributed by atoms with Crippen LogP contribution in [0.4, 0.5) is 0 Å². The summed E-state index contributed by atoms with van der Waals surface area (Å²) in [5.41, 5.74) is 7.05. The number of hydrogen-bond acceptors (Lipinski definition) is 4. The molecule has 2 amide bonds. The Morgan fingerprint density at radius 2 is 1.64 bits per heavy atom. The van der Waals surface area contributed by atoms with Crippen molar-refractivity contribution in [2.45, 2.75) is 12.5 Å². The van der Waals surface area contributed by atoms with E-state index in [1.807, 2.05) is 30.3 Å². The normalized spacial score (nSPS) is 16.5. The van der Waals surface area contributed by atoms with Gasteiger partial charge in [-0.1, -0.05) is 30.3 Å². The van der Waals surface area contributed by atoms with Gasteiger partial charge in [-0.3, -0.25) is 9.59 Å². The highest BCUT2D eigenvalue weighted by molar-refractivity contribution is 5.79. The van der Waals surface area contributed by atoms with Crippen LogP contribution in [0.5, 0.6) is 0 Å². The fraction of sp³-hybridized carbons (Fsp3) is 0.500. The van der Waals surface area contributed by atoms with Crippen LogP contribution in [0.15, 0.2) is 30.3 Å². The second kappa shape index (κ2) is 7.91. The summed E-state index contributed by atoms with van der Waals surface area (Å²) in [7, 11) is 1.50. The number of hydrogen-bond donors (Lipinski definition) is 1. The molecule has 0 spiro atoms. The average molecular weight is 305 g/mol. The number of benzene rings is 1. The van der Waals surface area contributed by atoms with Crippen LogP contribution in [0.25, 0.3) is 0 Å². The first-order valence-electron chi connectivity index (χ1n) is 7.47. The molecule has 0 aromatic heterocycles. The van der Waals surface area contributed by atoms with Crippen molar-refractivity contribution in [3.05, 3.63) is 35.9 Å². The number of nitrogens with two attached hydrogens (primary N) is 1. The molecule has 6 nitrogen and oxygen atoms in total. The van der Waals surface area contributed by atoms with Crippen LogP contribution in [0.2, 0.25) is 0 Å². The van der Waals surface area contributed by atoms with Crippen LogP contribution in [0.1, 0.15) is 18.0 Å². The highest BCUT2D eigenvalue weighted by atomic mass is 16.5. The summed E-state index contributed by atoms with van der Waals surface area (Å²) < 4.78 is 4.84. The van der Waals surface area contributed by atoms with Gasteiger partial charge >= 0.3 is 0 Å². The third kappa shape index (κ3) is 4.29. The van der Waals surface area contributed by atoms with E-state index in [2.05, 4.69) is 0 Å². The number of piperazine rings is 1. The molecule has 120 valence electrons. The molecule has 1 saturated heterocycles. The lowest BCUT2D eigenvalue weighted by molar-refractivity contribution is -0.142. The van der Waals surface area contributed by atoms with Gasteiger partial charge in [-0.05, 0) is 5.56 Å². The van der Waals surface area contributed by atoms with E-state index in [0.717, 1.165) is 5.56 Å². The van der Waals surface area contributed by atoms with Crippen LogP contribution >= 0.6 is 0 Å². The fourth-order valence-electron chi connectivity index (χ4n) is 2.56. The van der Waals surface area contributed by atoms with Crippen molar-refractivity contribution in [2.24, 2.45) is 5.73 Å². The number of ether oxygens (including phenoxy) is 1. The van der Waals surface area contributed by atoms with Gasteiger partial charge in [0, 0.05) is 45.8 Å². The summed E-state index contributed by atoms with van der Waals surface area (Å²) >= 11 is 0. The summed E-state index contributed by atoms with van der Waals surface area (Å²) in [5, 5.41) is 0. The van der Waals surface area contributed by atoms with Gasteiger partial charge in [0.05, 0.1) is 0 Å². The Kier molecular flexibility index (Phi) is 5.91. The molecule has 0 bridgehead atoms. The van der Waals surface area contributed by atoms with Gasteiger partial charge < -0.3 is 20.3 Å². The van der Waals surface area contributed by atoms with Gasteiger partial charge in [0.15, 0.2) is 0 Å². The first-order chi connectivity index (χ1) is 10.6. The third-order valence-electron chi connectivity index (χ3n) is 3.88. The van der Waals surface area contributed by atoms with Gasteiger partial charge in [0.25, 0.3) is 0 Å². The Balaban J connectivity index is 1.81. The molecule has 6 heteroatoms. The minimum Gasteiger partial charge on any atom is -0.375 e. The predicted octanol–water partition coefficient (Wildman–Crippen LogP) is 0.394. The van der Waals surface area contributed by atoms with Crippen molar-refractivity contribution in [3.63, 3.8) is 0 Å². The van der Waals surface area contributed by atoms with Crippen molar-refractivity contribution in [3.8, 4) is 0 Å². The maximum absolute atomic E-state index is 12.3. The highest BCUT2D eigenvalue weighted by Crippen LogP contribution is 2.15. The first-order valence-corrected chi connectivity index (χ1v) is 7.47. The van der Waals surface area contributed by atoms with Crippen molar-refractivity contribution < 1.29 is 14.3 Å². The van der Waals surface area contributed by atoms with Crippen LogP contribution in [0.3, 0.4) is 0 Å². The van der Waals surface area contributed by atoms with E-state index < -0.39 is 0 Å². The van der Waals surface area contributed by atoms with E-state index in [9.17, 15) is 9.59 Å². The van der Waals surface area contributed by atoms with Crippen molar-refractivity contribution in [2.75, 3.05) is 39.9 Å². The van der Waals surface area contributed by atoms with Gasteiger partial charge in [-0.25, -0.2) is 0 Å². The first kappa shape index (κ1) is 16.5. The van der Waals surface area contributed by atoms with Gasteiger partial charge in [0.1, 0.15) is 6.61 Å². The minimum atomic E-state index is -0.290. The molecular weight excluding hydrogens is 282 g/mol. The zero-order valence-electron chi connectivity index (χ0n) is 12.9.